The molecule has 7 nitrogen and oxygen atoms in total. The molecular formula is C23H28N6OS. The van der Waals surface area contributed by atoms with Gasteiger partial charge in [-0.25, -0.2) is 9.97 Å². The fourth-order valence-corrected chi connectivity index (χ4v) is 4.86. The molecule has 0 aliphatic carbocycles. The predicted octanol–water partition coefficient (Wildman–Crippen LogP) is 4.66. The third-order valence-electron chi connectivity index (χ3n) is 5.58. The number of thiazole rings is 1. The minimum Gasteiger partial charge on any atom is -0.365 e. The molecule has 0 aromatic carbocycles. The molecule has 1 atom stereocenters. The lowest BCUT2D eigenvalue weighted by Gasteiger charge is -2.32. The lowest BCUT2D eigenvalue weighted by Crippen LogP contribution is -2.39. The number of hydrogen-bond acceptors (Lipinski definition) is 7. The molecule has 0 saturated carbocycles. The van der Waals surface area contributed by atoms with Crippen LogP contribution in [0.15, 0.2) is 30.5 Å². The first-order valence-corrected chi connectivity index (χ1v) is 11.4. The first-order chi connectivity index (χ1) is 14.9. The number of piperidine rings is 1. The number of pyridine rings is 2. The van der Waals surface area contributed by atoms with Crippen LogP contribution in [0.4, 0.5) is 16.6 Å². The van der Waals surface area contributed by atoms with Gasteiger partial charge in [-0.2, -0.15) is 0 Å². The number of likely N-dealkylation sites (tertiary alicyclic amines) is 1. The summed E-state index contributed by atoms with van der Waals surface area (Å²) in [6, 6.07) is 8.09. The van der Waals surface area contributed by atoms with Gasteiger partial charge >= 0.3 is 0 Å². The molecule has 4 heterocycles. The smallest absolute Gasteiger partial charge is 0.265 e. The second-order valence-electron chi connectivity index (χ2n) is 7.99. The average molecular weight is 437 g/mol. The van der Waals surface area contributed by atoms with Gasteiger partial charge in [0.15, 0.2) is 5.13 Å². The Morgan fingerprint density at radius 2 is 2.06 bits per heavy atom. The van der Waals surface area contributed by atoms with Crippen molar-refractivity contribution < 1.29 is 4.79 Å². The molecule has 3 aromatic heterocycles. The zero-order chi connectivity index (χ0) is 22.0. The third kappa shape index (κ3) is 4.69. The van der Waals surface area contributed by atoms with Gasteiger partial charge in [-0.05, 0) is 57.4 Å². The van der Waals surface area contributed by atoms with E-state index < -0.39 is 0 Å². The Bertz CT molecular complexity index is 1100. The summed E-state index contributed by atoms with van der Waals surface area (Å²) in [5, 5.41) is 7.23. The summed E-state index contributed by atoms with van der Waals surface area (Å²) in [4.78, 5) is 29.5. The maximum atomic E-state index is 13.2. The highest BCUT2D eigenvalue weighted by Gasteiger charge is 2.29. The maximum Gasteiger partial charge on any atom is 0.265 e. The van der Waals surface area contributed by atoms with Crippen molar-refractivity contribution in [3.8, 4) is 0 Å². The van der Waals surface area contributed by atoms with Crippen molar-refractivity contribution in [3.63, 3.8) is 0 Å². The minimum absolute atomic E-state index is 0.0660. The van der Waals surface area contributed by atoms with Crippen LogP contribution < -0.4 is 10.6 Å². The van der Waals surface area contributed by atoms with Crippen molar-refractivity contribution in [1.82, 2.24) is 19.9 Å². The van der Waals surface area contributed by atoms with Crippen LogP contribution >= 0.6 is 11.3 Å². The van der Waals surface area contributed by atoms with Gasteiger partial charge < -0.3 is 15.5 Å². The molecule has 162 valence electrons. The normalized spacial score (nSPS) is 16.3. The molecule has 1 aliphatic rings. The van der Waals surface area contributed by atoms with E-state index in [1.54, 1.807) is 6.20 Å². The Labute approximate surface area is 187 Å². The first kappa shape index (κ1) is 21.2. The van der Waals surface area contributed by atoms with Crippen LogP contribution in [0.1, 0.15) is 51.1 Å². The summed E-state index contributed by atoms with van der Waals surface area (Å²) in [6.07, 6.45) is 3.77. The Morgan fingerprint density at radius 1 is 1.23 bits per heavy atom. The molecule has 8 heteroatoms. The summed E-state index contributed by atoms with van der Waals surface area (Å²) in [7, 11) is 1.82. The van der Waals surface area contributed by atoms with E-state index in [-0.39, 0.29) is 11.8 Å². The largest absolute Gasteiger partial charge is 0.365 e. The SMILES string of the molecule is CNc1nc(C)c(C(=O)N2CCC[C@@H](c3cc(Nc4ncccc4C)cc(C)n3)C2)s1. The molecule has 31 heavy (non-hydrogen) atoms. The van der Waals surface area contributed by atoms with Crippen molar-refractivity contribution in [1.29, 1.82) is 0 Å². The topological polar surface area (TPSA) is 83.0 Å². The highest BCUT2D eigenvalue weighted by Crippen LogP contribution is 2.31. The molecule has 1 saturated heterocycles. The summed E-state index contributed by atoms with van der Waals surface area (Å²) < 4.78 is 0. The lowest BCUT2D eigenvalue weighted by molar-refractivity contribution is 0.0710. The molecular weight excluding hydrogens is 408 g/mol. The van der Waals surface area contributed by atoms with Gasteiger partial charge in [0.2, 0.25) is 0 Å². The summed E-state index contributed by atoms with van der Waals surface area (Å²) >= 11 is 1.42. The Kier molecular flexibility index (Phi) is 6.18. The molecule has 0 bridgehead atoms. The Balaban J connectivity index is 1.54. The molecule has 1 amide bonds. The van der Waals surface area contributed by atoms with Crippen LogP contribution in [0.3, 0.4) is 0 Å². The molecule has 3 aromatic rings. The minimum atomic E-state index is 0.0660. The predicted molar refractivity (Wildman–Crippen MR) is 126 cm³/mol. The van der Waals surface area contributed by atoms with Crippen molar-refractivity contribution in [2.75, 3.05) is 30.8 Å². The number of carbonyl (C=O) groups excluding carboxylic acids is 1. The maximum absolute atomic E-state index is 13.2. The third-order valence-corrected chi connectivity index (χ3v) is 6.74. The Hall–Kier alpha value is -3.00. The van der Waals surface area contributed by atoms with Crippen LogP contribution in [-0.4, -0.2) is 45.9 Å². The van der Waals surface area contributed by atoms with Crippen LogP contribution in [0, 0.1) is 20.8 Å². The van der Waals surface area contributed by atoms with Crippen LogP contribution in [0.5, 0.6) is 0 Å². The molecule has 1 aliphatic heterocycles. The van der Waals surface area contributed by atoms with Gasteiger partial charge in [0.05, 0.1) is 5.69 Å². The summed E-state index contributed by atoms with van der Waals surface area (Å²) in [5.41, 5.74) is 4.82. The van der Waals surface area contributed by atoms with Crippen molar-refractivity contribution >= 4 is 33.9 Å². The second-order valence-corrected chi connectivity index (χ2v) is 8.99. The van der Waals surface area contributed by atoms with Gasteiger partial charge in [-0.3, -0.25) is 9.78 Å². The van der Waals surface area contributed by atoms with Crippen molar-refractivity contribution in [3.05, 3.63) is 58.0 Å². The molecule has 1 fully saturated rings. The van der Waals surface area contributed by atoms with Gasteiger partial charge in [-0.1, -0.05) is 17.4 Å². The highest BCUT2D eigenvalue weighted by atomic mass is 32.1. The van der Waals surface area contributed by atoms with Crippen molar-refractivity contribution in [2.45, 2.75) is 39.5 Å². The van der Waals surface area contributed by atoms with E-state index in [9.17, 15) is 4.79 Å². The molecule has 4 rings (SSSR count). The summed E-state index contributed by atoms with van der Waals surface area (Å²) in [6.45, 7) is 7.38. The molecule has 0 spiro atoms. The van der Waals surface area contributed by atoms with Gasteiger partial charge in [0.25, 0.3) is 5.91 Å². The standard InChI is InChI=1S/C23H28N6OS/c1-14-7-5-9-25-21(14)28-18-11-15(2)26-19(12-18)17-8-6-10-29(13-17)22(30)20-16(3)27-23(24-4)31-20/h5,7,9,11-12,17H,6,8,10,13H2,1-4H3,(H,24,27)(H,25,26,28)/t17-/m1/s1. The van der Waals surface area contributed by atoms with E-state index in [0.717, 1.165) is 63.5 Å². The number of aryl methyl sites for hydroxylation is 3. The monoisotopic (exact) mass is 436 g/mol. The van der Waals surface area contributed by atoms with E-state index in [2.05, 4.69) is 26.7 Å². The number of hydrogen-bond donors (Lipinski definition) is 2. The molecule has 2 N–H and O–H groups in total. The molecule has 0 unspecified atom stereocenters. The number of rotatable bonds is 5. The van der Waals surface area contributed by atoms with Crippen LogP contribution in [0.25, 0.3) is 0 Å². The number of carbonyl (C=O) groups is 1. The van der Waals surface area contributed by atoms with Gasteiger partial charge in [-0.15, -0.1) is 0 Å². The zero-order valence-electron chi connectivity index (χ0n) is 18.4. The van der Waals surface area contributed by atoms with E-state index in [0.29, 0.717) is 6.54 Å². The van der Waals surface area contributed by atoms with Gasteiger partial charge in [0, 0.05) is 49.3 Å². The van der Waals surface area contributed by atoms with E-state index in [4.69, 9.17) is 4.98 Å². The van der Waals surface area contributed by atoms with Crippen LogP contribution in [-0.2, 0) is 0 Å². The average Bonchev–Trinajstić information content (AvgIpc) is 3.15. The second kappa shape index (κ2) is 9.01. The van der Waals surface area contributed by atoms with Crippen molar-refractivity contribution in [2.24, 2.45) is 0 Å². The van der Waals surface area contributed by atoms with E-state index in [1.807, 2.05) is 50.9 Å². The highest BCUT2D eigenvalue weighted by molar-refractivity contribution is 7.17. The first-order valence-electron chi connectivity index (χ1n) is 10.6. The van der Waals surface area contributed by atoms with E-state index in [1.165, 1.54) is 11.3 Å². The van der Waals surface area contributed by atoms with E-state index >= 15 is 0 Å². The number of anilines is 3. The number of aromatic nitrogens is 3. The quantitative estimate of drug-likeness (QED) is 0.605. The Morgan fingerprint density at radius 3 is 2.81 bits per heavy atom. The zero-order valence-corrected chi connectivity index (χ0v) is 19.2. The van der Waals surface area contributed by atoms with Crippen LogP contribution in [0.2, 0.25) is 0 Å². The fourth-order valence-electron chi connectivity index (χ4n) is 3.98. The molecule has 0 radical (unpaired) electrons. The lowest BCUT2D eigenvalue weighted by atomic mass is 9.93. The summed E-state index contributed by atoms with van der Waals surface area (Å²) in [5.74, 6) is 1.12. The fraction of sp³-hybridized carbons (Fsp3) is 0.391. The number of nitrogens with zero attached hydrogens (tertiary/aromatic N) is 4. The number of nitrogens with one attached hydrogen (secondary N) is 2. The number of amides is 1. The van der Waals surface area contributed by atoms with Gasteiger partial charge in [0.1, 0.15) is 10.7 Å².